The number of benzene rings is 2. The van der Waals surface area contributed by atoms with Crippen LogP contribution in [-0.2, 0) is 16.0 Å². The van der Waals surface area contributed by atoms with Gasteiger partial charge in [0.1, 0.15) is 0 Å². The highest BCUT2D eigenvalue weighted by Crippen LogP contribution is 2.35. The highest BCUT2D eigenvalue weighted by molar-refractivity contribution is 6.31. The Morgan fingerprint density at radius 3 is 2.67 bits per heavy atom. The zero-order valence-electron chi connectivity index (χ0n) is 23.8. The number of hydrogen-bond acceptors (Lipinski definition) is 6. The highest BCUT2D eigenvalue weighted by atomic mass is 35.5. The summed E-state index contributed by atoms with van der Waals surface area (Å²) >= 11 is 6.17. The molecule has 0 spiro atoms. The largest absolute Gasteiger partial charge is 0.493 e. The molecular formula is C32H35ClN4O5. The number of ether oxygens (including phenoxy) is 2. The quantitative estimate of drug-likeness (QED) is 0.482. The Labute approximate surface area is 250 Å². The van der Waals surface area contributed by atoms with E-state index in [4.69, 9.17) is 21.1 Å². The topological polar surface area (TPSA) is 101 Å². The van der Waals surface area contributed by atoms with Crippen LogP contribution < -0.4 is 14.8 Å². The van der Waals surface area contributed by atoms with Crippen LogP contribution in [0.5, 0.6) is 11.5 Å². The molecule has 1 N–H and O–H groups in total. The summed E-state index contributed by atoms with van der Waals surface area (Å²) in [6, 6.07) is 14.3. The molecule has 42 heavy (non-hydrogen) atoms. The molecule has 2 aromatic carbocycles. The lowest BCUT2D eigenvalue weighted by atomic mass is 9.94. The van der Waals surface area contributed by atoms with Gasteiger partial charge in [-0.1, -0.05) is 17.7 Å². The van der Waals surface area contributed by atoms with Gasteiger partial charge in [-0.3, -0.25) is 19.4 Å². The van der Waals surface area contributed by atoms with E-state index in [1.807, 2.05) is 42.2 Å². The summed E-state index contributed by atoms with van der Waals surface area (Å²) in [5.41, 5.74) is 3.25. The number of rotatable bonds is 5. The molecular weight excluding hydrogens is 556 g/mol. The van der Waals surface area contributed by atoms with Crippen LogP contribution in [0.1, 0.15) is 45.8 Å². The Kier molecular flexibility index (Phi) is 9.27. The van der Waals surface area contributed by atoms with Gasteiger partial charge in [0.2, 0.25) is 11.8 Å². The third-order valence-electron chi connectivity index (χ3n) is 7.87. The van der Waals surface area contributed by atoms with Gasteiger partial charge in [0.25, 0.3) is 5.91 Å². The number of aromatic nitrogens is 1. The van der Waals surface area contributed by atoms with Gasteiger partial charge in [-0.05, 0) is 78.9 Å². The molecule has 3 amide bonds. The molecule has 2 aliphatic rings. The van der Waals surface area contributed by atoms with Crippen molar-refractivity contribution in [3.8, 4) is 11.5 Å². The van der Waals surface area contributed by atoms with Gasteiger partial charge in [0.15, 0.2) is 11.5 Å². The summed E-state index contributed by atoms with van der Waals surface area (Å²) in [7, 11) is 1.59. The van der Waals surface area contributed by atoms with Crippen LogP contribution in [0.3, 0.4) is 0 Å². The van der Waals surface area contributed by atoms with E-state index in [0.29, 0.717) is 67.6 Å². The fraction of sp³-hybridized carbons (Fsp3) is 0.375. The second-order valence-corrected chi connectivity index (χ2v) is 11.1. The van der Waals surface area contributed by atoms with Crippen molar-refractivity contribution in [2.24, 2.45) is 0 Å². The number of amides is 3. The van der Waals surface area contributed by atoms with Crippen molar-refractivity contribution < 1.29 is 23.9 Å². The number of nitrogens with one attached hydrogen (secondary N) is 1. The van der Waals surface area contributed by atoms with Crippen LogP contribution in [-0.4, -0.2) is 78.4 Å². The van der Waals surface area contributed by atoms with Crippen LogP contribution in [0.2, 0.25) is 5.02 Å². The summed E-state index contributed by atoms with van der Waals surface area (Å²) in [4.78, 5) is 47.6. The summed E-state index contributed by atoms with van der Waals surface area (Å²) in [6.07, 6.45) is 4.93. The Balaban J connectivity index is 1.38. The van der Waals surface area contributed by atoms with Gasteiger partial charge in [0.05, 0.1) is 26.3 Å². The van der Waals surface area contributed by atoms with Gasteiger partial charge in [-0.25, -0.2) is 0 Å². The van der Waals surface area contributed by atoms with Crippen LogP contribution in [0.4, 0.5) is 0 Å². The number of likely N-dealkylation sites (tertiary alicyclic amines) is 1. The molecule has 5 rings (SSSR count). The molecule has 220 valence electrons. The fourth-order valence-corrected chi connectivity index (χ4v) is 5.68. The minimum atomic E-state index is -0.334. The average molecular weight is 591 g/mol. The van der Waals surface area contributed by atoms with Gasteiger partial charge in [-0.15, -0.1) is 0 Å². The maximum atomic E-state index is 13.5. The molecule has 10 heteroatoms. The molecule has 0 saturated carbocycles. The van der Waals surface area contributed by atoms with E-state index < -0.39 is 0 Å². The average Bonchev–Trinajstić information content (AvgIpc) is 3.42. The predicted octanol–water partition coefficient (Wildman–Crippen LogP) is 4.02. The number of methoxy groups -OCH3 is 1. The summed E-state index contributed by atoms with van der Waals surface area (Å²) in [6.45, 7) is 3.21. The lowest BCUT2D eigenvalue weighted by Crippen LogP contribution is -2.47. The summed E-state index contributed by atoms with van der Waals surface area (Å²) < 4.78 is 11.7. The van der Waals surface area contributed by atoms with E-state index in [9.17, 15) is 14.4 Å². The first kappa shape index (κ1) is 29.4. The predicted molar refractivity (Wildman–Crippen MR) is 159 cm³/mol. The Bertz CT molecular complexity index is 1450. The van der Waals surface area contributed by atoms with Crippen molar-refractivity contribution in [1.82, 2.24) is 20.1 Å². The minimum absolute atomic E-state index is 0.0228. The van der Waals surface area contributed by atoms with E-state index in [0.717, 1.165) is 16.7 Å². The molecule has 0 unspecified atom stereocenters. The molecule has 1 aromatic heterocycles. The third-order valence-corrected chi connectivity index (χ3v) is 8.29. The first-order chi connectivity index (χ1) is 20.3. The second-order valence-electron chi connectivity index (χ2n) is 10.7. The van der Waals surface area contributed by atoms with Crippen molar-refractivity contribution in [1.29, 1.82) is 0 Å². The third kappa shape index (κ3) is 6.85. The van der Waals surface area contributed by atoms with Crippen LogP contribution in [0, 0.1) is 6.92 Å². The van der Waals surface area contributed by atoms with E-state index in [-0.39, 0.29) is 36.2 Å². The fourth-order valence-electron chi connectivity index (χ4n) is 5.56. The Morgan fingerprint density at radius 2 is 1.90 bits per heavy atom. The zero-order chi connectivity index (χ0) is 29.6. The molecule has 3 heterocycles. The van der Waals surface area contributed by atoms with Crippen LogP contribution in [0.15, 0.2) is 60.9 Å². The maximum Gasteiger partial charge on any atom is 0.254 e. The first-order valence-corrected chi connectivity index (χ1v) is 14.5. The smallest absolute Gasteiger partial charge is 0.254 e. The number of nitrogens with zero attached hydrogens (tertiary/aromatic N) is 3. The minimum Gasteiger partial charge on any atom is -0.493 e. The number of hydrogen-bond donors (Lipinski definition) is 1. The van der Waals surface area contributed by atoms with Crippen molar-refractivity contribution in [2.45, 2.75) is 38.1 Å². The van der Waals surface area contributed by atoms with E-state index >= 15 is 0 Å². The molecule has 3 aromatic rings. The lowest BCUT2D eigenvalue weighted by Gasteiger charge is -2.25. The first-order valence-electron chi connectivity index (χ1n) is 14.1. The normalized spacial score (nSPS) is 19.0. The van der Waals surface area contributed by atoms with Crippen LogP contribution >= 0.6 is 11.6 Å². The Morgan fingerprint density at radius 1 is 1.10 bits per heavy atom. The number of carbonyl (C=O) groups is 3. The van der Waals surface area contributed by atoms with E-state index in [1.54, 1.807) is 37.7 Å². The summed E-state index contributed by atoms with van der Waals surface area (Å²) in [5, 5.41) is 3.72. The molecule has 1 fully saturated rings. The molecule has 2 aliphatic heterocycles. The number of fused-ring (bicyclic) bond motifs is 4. The molecule has 1 saturated heterocycles. The van der Waals surface area contributed by atoms with Crippen molar-refractivity contribution in [3.63, 3.8) is 0 Å². The van der Waals surface area contributed by atoms with Crippen LogP contribution in [0.25, 0.3) is 0 Å². The van der Waals surface area contributed by atoms with Gasteiger partial charge in [-0.2, -0.15) is 0 Å². The molecule has 9 nitrogen and oxygen atoms in total. The monoisotopic (exact) mass is 590 g/mol. The highest BCUT2D eigenvalue weighted by Gasteiger charge is 2.38. The number of halogens is 1. The van der Waals surface area contributed by atoms with Gasteiger partial charge >= 0.3 is 0 Å². The molecule has 2 bridgehead atoms. The number of pyridine rings is 1. The second kappa shape index (κ2) is 13.2. The number of carbonyl (C=O) groups excluding carboxylic acids is 3. The Hall–Kier alpha value is -4.11. The molecule has 0 radical (unpaired) electrons. The SMILES string of the molecule is COc1ccc2cc1OCCCN(C(=O)c1ccc(Cl)c(C)c1)CC(=O)N[C@H]1CN(C(=O)CCc3ccncc3)C[C@H]21. The maximum absolute atomic E-state index is 13.5. The zero-order valence-corrected chi connectivity index (χ0v) is 24.6. The standard InChI is InChI=1S/C32H35ClN4O5/c1-21-16-24(5-7-26(21)33)32(40)36-14-3-15-42-29-17-23(6-8-28(29)41-2)25-18-37(19-27(25)35-30(38)20-36)31(39)9-4-22-10-12-34-13-11-22/h5-8,10-13,16-17,25,27H,3-4,9,14-15,18-20H2,1-2H3,(H,35,38)/t25-,27+/m1/s1. The van der Waals surface area contributed by atoms with E-state index in [1.165, 1.54) is 4.90 Å². The van der Waals surface area contributed by atoms with Gasteiger partial charge < -0.3 is 24.6 Å². The number of aryl methyl sites for hydroxylation is 2. The summed E-state index contributed by atoms with van der Waals surface area (Å²) in [5.74, 6) is 0.526. The van der Waals surface area contributed by atoms with Crippen molar-refractivity contribution >= 4 is 29.3 Å². The van der Waals surface area contributed by atoms with Gasteiger partial charge in [0, 0.05) is 55.0 Å². The van der Waals surface area contributed by atoms with Crippen molar-refractivity contribution in [3.05, 3.63) is 88.2 Å². The molecule has 0 aliphatic carbocycles. The van der Waals surface area contributed by atoms with Crippen molar-refractivity contribution in [2.75, 3.05) is 39.9 Å². The van der Waals surface area contributed by atoms with E-state index in [2.05, 4.69) is 10.3 Å². The molecule has 2 atom stereocenters. The lowest BCUT2D eigenvalue weighted by molar-refractivity contribution is -0.130.